The molecule has 0 saturated heterocycles. The molecule has 0 spiro atoms. The third kappa shape index (κ3) is 14.0. The number of rotatable bonds is 4. The van der Waals surface area contributed by atoms with Crippen molar-refractivity contribution in [2.24, 2.45) is 10.8 Å². The van der Waals surface area contributed by atoms with Crippen LogP contribution in [-0.2, 0) is 4.79 Å². The quantitative estimate of drug-likeness (QED) is 0.425. The molecule has 0 radical (unpaired) electrons. The van der Waals surface area contributed by atoms with Gasteiger partial charge in [-0.05, 0) is 49.0 Å². The molecule has 32 heavy (non-hydrogen) atoms. The Morgan fingerprint density at radius 2 is 1.44 bits per heavy atom. The lowest BCUT2D eigenvalue weighted by atomic mass is 9.74. The Balaban J connectivity index is -0.000000726. The Hall–Kier alpha value is -1.31. The number of carbonyl (C=O) groups is 1. The van der Waals surface area contributed by atoms with Gasteiger partial charge in [-0.3, -0.25) is 4.79 Å². The normalized spacial score (nSPS) is 15.2. The molecule has 1 N–H and O–H groups in total. The van der Waals surface area contributed by atoms with Crippen LogP contribution in [-0.4, -0.2) is 12.5 Å². The molecule has 0 aromatic rings. The lowest BCUT2D eigenvalue weighted by Crippen LogP contribution is -2.18. The van der Waals surface area contributed by atoms with Crippen molar-refractivity contribution in [3.63, 3.8) is 0 Å². The Labute approximate surface area is 203 Å². The van der Waals surface area contributed by atoms with E-state index in [4.69, 9.17) is 0 Å². The van der Waals surface area contributed by atoms with Crippen molar-refractivity contribution in [3.8, 4) is 0 Å². The van der Waals surface area contributed by atoms with Gasteiger partial charge in [0.05, 0.1) is 0 Å². The topological polar surface area (TPSA) is 29.1 Å². The van der Waals surface area contributed by atoms with Crippen LogP contribution in [0, 0.1) is 10.8 Å². The maximum Gasteiger partial charge on any atom is 0.247 e. The maximum atomic E-state index is 11.7. The van der Waals surface area contributed by atoms with Crippen LogP contribution in [0.2, 0.25) is 0 Å². The zero-order valence-corrected chi connectivity index (χ0v) is 24.5. The second-order valence-electron chi connectivity index (χ2n) is 9.85. The first kappa shape index (κ1) is 35.3. The predicted molar refractivity (Wildman–Crippen MR) is 148 cm³/mol. The second kappa shape index (κ2) is 19.2. The van der Waals surface area contributed by atoms with Crippen molar-refractivity contribution in [2.75, 3.05) is 6.54 Å². The molecule has 0 aromatic carbocycles. The number of hydrogen-bond acceptors (Lipinski definition) is 1. The summed E-state index contributed by atoms with van der Waals surface area (Å²) in [5, 5.41) is 2.95. The van der Waals surface area contributed by atoms with Gasteiger partial charge in [0.2, 0.25) is 5.91 Å². The molecule has 2 rings (SSSR count). The first-order chi connectivity index (χ1) is 14.9. The fourth-order valence-electron chi connectivity index (χ4n) is 3.13. The van der Waals surface area contributed by atoms with E-state index in [2.05, 4.69) is 86.7 Å². The van der Waals surface area contributed by atoms with E-state index in [1.807, 2.05) is 27.7 Å². The largest absolute Gasteiger partial charge is 0.349 e. The number of allylic oxidation sites excluding steroid dienone is 4. The van der Waals surface area contributed by atoms with Crippen molar-refractivity contribution in [2.45, 2.75) is 135 Å². The Kier molecular flexibility index (Phi) is 21.2. The average Bonchev–Trinajstić information content (AvgIpc) is 3.12. The van der Waals surface area contributed by atoms with Gasteiger partial charge >= 0.3 is 0 Å². The van der Waals surface area contributed by atoms with Gasteiger partial charge in [0.1, 0.15) is 0 Å². The highest BCUT2D eigenvalue weighted by atomic mass is 16.1. The van der Waals surface area contributed by atoms with Gasteiger partial charge in [-0.2, -0.15) is 0 Å². The molecule has 1 heterocycles. The predicted octanol–water partition coefficient (Wildman–Crippen LogP) is 9.82. The molecule has 0 saturated carbocycles. The van der Waals surface area contributed by atoms with E-state index in [1.54, 1.807) is 0 Å². The third-order valence-electron chi connectivity index (χ3n) is 5.39. The second-order valence-corrected chi connectivity index (χ2v) is 9.85. The van der Waals surface area contributed by atoms with E-state index in [9.17, 15) is 4.79 Å². The maximum absolute atomic E-state index is 11.7. The van der Waals surface area contributed by atoms with E-state index in [0.29, 0.717) is 0 Å². The van der Waals surface area contributed by atoms with E-state index >= 15 is 0 Å². The van der Waals surface area contributed by atoms with Crippen LogP contribution < -0.4 is 5.32 Å². The van der Waals surface area contributed by atoms with Gasteiger partial charge in [0.25, 0.3) is 0 Å². The third-order valence-corrected chi connectivity index (χ3v) is 5.39. The Morgan fingerprint density at radius 1 is 0.969 bits per heavy atom. The fraction of sp³-hybridized carbons (Fsp3) is 0.767. The van der Waals surface area contributed by atoms with E-state index in [-0.39, 0.29) is 16.7 Å². The van der Waals surface area contributed by atoms with Crippen LogP contribution in [0.1, 0.15) is 135 Å². The van der Waals surface area contributed by atoms with Gasteiger partial charge in [-0.15, -0.1) is 0 Å². The minimum Gasteiger partial charge on any atom is -0.349 e. The summed E-state index contributed by atoms with van der Waals surface area (Å²) in [6, 6.07) is 0. The first-order valence-electron chi connectivity index (χ1n) is 13.3. The summed E-state index contributed by atoms with van der Waals surface area (Å²) in [6.07, 6.45) is 11.3. The highest BCUT2D eigenvalue weighted by Gasteiger charge is 2.30. The number of hydrogen-bond donors (Lipinski definition) is 1. The minimum atomic E-state index is 0.145. The number of nitrogens with one attached hydrogen (secondary N) is 1. The van der Waals surface area contributed by atoms with Crippen LogP contribution in [0.4, 0.5) is 0 Å². The molecule has 2 nitrogen and oxygen atoms in total. The molecule has 0 fully saturated rings. The smallest absolute Gasteiger partial charge is 0.247 e. The monoisotopic (exact) mass is 449 g/mol. The van der Waals surface area contributed by atoms with E-state index in [0.717, 1.165) is 37.8 Å². The summed E-state index contributed by atoms with van der Waals surface area (Å²) in [4.78, 5) is 11.7. The molecule has 1 amide bonds. The standard InChI is InChI=1S/C20H31NO.2C3H8.2C2H6/c1-14(19(2,3)4)8-7-11-20(5,6)16-9-10-17-15(12-16)13-21-18(17)22;2*1-3-2;2*1-2/h8-9H,7,10-13H2,1-6H3,(H,21,22);2*3H2,1-2H3;2*1-2H3/b14-8+;;;;. The molecule has 190 valence electrons. The lowest BCUT2D eigenvalue weighted by molar-refractivity contribution is -0.116. The van der Waals surface area contributed by atoms with Crippen molar-refractivity contribution in [1.82, 2.24) is 5.32 Å². The van der Waals surface area contributed by atoms with Gasteiger partial charge in [-0.1, -0.05) is 126 Å². The van der Waals surface area contributed by atoms with E-state index in [1.165, 1.54) is 29.6 Å². The molecule has 0 aromatic heterocycles. The number of carbonyl (C=O) groups excluding carboxylic acids is 1. The molecule has 0 atom stereocenters. The molecule has 1 aliphatic heterocycles. The van der Waals surface area contributed by atoms with Gasteiger partial charge < -0.3 is 5.32 Å². The van der Waals surface area contributed by atoms with Crippen LogP contribution in [0.25, 0.3) is 0 Å². The summed E-state index contributed by atoms with van der Waals surface area (Å²) in [5.41, 5.74) is 5.78. The van der Waals surface area contributed by atoms with Crippen LogP contribution >= 0.6 is 0 Å². The summed E-state index contributed by atoms with van der Waals surface area (Å²) in [6.45, 7) is 31.0. The average molecular weight is 450 g/mol. The zero-order valence-electron chi connectivity index (χ0n) is 24.5. The number of amides is 1. The summed E-state index contributed by atoms with van der Waals surface area (Å²) in [5.74, 6) is 0.145. The van der Waals surface area contributed by atoms with Gasteiger partial charge in [0.15, 0.2) is 0 Å². The molecular weight excluding hydrogens is 390 g/mol. The molecule has 0 unspecified atom stereocenters. The lowest BCUT2D eigenvalue weighted by Gasteiger charge is -2.31. The molecule has 0 bridgehead atoms. The Bertz CT molecular complexity index is 580. The summed E-state index contributed by atoms with van der Waals surface area (Å²) >= 11 is 0. The van der Waals surface area contributed by atoms with Crippen molar-refractivity contribution < 1.29 is 4.79 Å². The van der Waals surface area contributed by atoms with Crippen molar-refractivity contribution in [1.29, 1.82) is 0 Å². The zero-order chi connectivity index (χ0) is 26.0. The summed E-state index contributed by atoms with van der Waals surface area (Å²) < 4.78 is 0. The Morgan fingerprint density at radius 3 is 1.88 bits per heavy atom. The van der Waals surface area contributed by atoms with Crippen molar-refractivity contribution in [3.05, 3.63) is 34.4 Å². The minimum absolute atomic E-state index is 0.145. The van der Waals surface area contributed by atoms with Crippen LogP contribution in [0.5, 0.6) is 0 Å². The fourth-order valence-corrected chi connectivity index (χ4v) is 3.13. The van der Waals surface area contributed by atoms with Gasteiger partial charge in [-0.25, -0.2) is 0 Å². The highest BCUT2D eigenvalue weighted by molar-refractivity contribution is 5.97. The van der Waals surface area contributed by atoms with E-state index < -0.39 is 0 Å². The van der Waals surface area contributed by atoms with Gasteiger partial charge in [0, 0.05) is 12.1 Å². The molecule has 1 aliphatic carbocycles. The van der Waals surface area contributed by atoms with Crippen LogP contribution in [0.3, 0.4) is 0 Å². The first-order valence-corrected chi connectivity index (χ1v) is 13.3. The highest BCUT2D eigenvalue weighted by Crippen LogP contribution is 2.40. The SMILES string of the molecule is C/C(=C\CCC(C)(C)C1=CCC2=C(CNC2=O)C1)C(C)(C)C.CC.CC.CCC.CCC. The molecule has 2 heteroatoms. The molecular formula is C30H59NO. The van der Waals surface area contributed by atoms with Crippen LogP contribution in [0.15, 0.2) is 34.4 Å². The summed E-state index contributed by atoms with van der Waals surface area (Å²) in [7, 11) is 0. The van der Waals surface area contributed by atoms with Crippen molar-refractivity contribution >= 4 is 5.91 Å². The molecule has 2 aliphatic rings.